The van der Waals surface area contributed by atoms with Gasteiger partial charge in [-0.15, -0.1) is 10.2 Å². The Morgan fingerprint density at radius 1 is 1.23 bits per heavy atom. The summed E-state index contributed by atoms with van der Waals surface area (Å²) < 4.78 is 31.6. The molecule has 1 aliphatic rings. The third-order valence-electron chi connectivity index (χ3n) is 4.47. The Balaban J connectivity index is 1.98. The first-order chi connectivity index (χ1) is 12.5. The zero-order chi connectivity index (χ0) is 18.7. The van der Waals surface area contributed by atoms with Crippen LogP contribution >= 0.6 is 0 Å². The first kappa shape index (κ1) is 18.1. The molecule has 136 valence electrons. The number of allylic oxidation sites excluding steroid dienone is 1. The molecule has 26 heavy (non-hydrogen) atoms. The Kier molecular flexibility index (Phi) is 5.31. The van der Waals surface area contributed by atoms with Crippen molar-refractivity contribution in [2.75, 3.05) is 0 Å². The number of fused-ring (bicyclic) bond motifs is 1. The van der Waals surface area contributed by atoms with E-state index in [4.69, 9.17) is 0 Å². The van der Waals surface area contributed by atoms with E-state index in [0.717, 1.165) is 43.6 Å². The molecule has 5 nitrogen and oxygen atoms in total. The van der Waals surface area contributed by atoms with Crippen molar-refractivity contribution in [2.45, 2.75) is 52.7 Å². The van der Waals surface area contributed by atoms with Crippen LogP contribution in [0.3, 0.4) is 0 Å². The molecule has 3 rings (SSSR count). The van der Waals surface area contributed by atoms with Crippen LogP contribution in [0, 0.1) is 25.2 Å². The second kappa shape index (κ2) is 7.65. The minimum atomic E-state index is -2.87. The zero-order valence-electron chi connectivity index (χ0n) is 14.8. The van der Waals surface area contributed by atoms with E-state index in [1.54, 1.807) is 32.1 Å². The molecule has 1 aromatic carbocycles. The highest BCUT2D eigenvalue weighted by Gasteiger charge is 2.18. The van der Waals surface area contributed by atoms with Crippen LogP contribution in [-0.2, 0) is 13.0 Å². The number of ether oxygens (including phenoxy) is 1. The summed E-state index contributed by atoms with van der Waals surface area (Å²) in [5.41, 5.74) is 2.33. The number of nitriles is 1. The summed E-state index contributed by atoms with van der Waals surface area (Å²) in [6, 6.07) is 5.64. The second-order valence-corrected chi connectivity index (χ2v) is 6.43. The van der Waals surface area contributed by atoms with Crippen molar-refractivity contribution < 1.29 is 13.5 Å². The molecule has 2 heterocycles. The first-order valence-corrected chi connectivity index (χ1v) is 8.60. The van der Waals surface area contributed by atoms with E-state index >= 15 is 0 Å². The Bertz CT molecular complexity index is 857. The largest absolute Gasteiger partial charge is 0.434 e. The van der Waals surface area contributed by atoms with Crippen LogP contribution in [0.1, 0.15) is 47.6 Å². The molecule has 1 aliphatic heterocycles. The smallest absolute Gasteiger partial charge is 0.387 e. The lowest BCUT2D eigenvalue weighted by Crippen LogP contribution is -2.06. The number of halogens is 2. The van der Waals surface area contributed by atoms with Crippen LogP contribution in [0.4, 0.5) is 8.78 Å². The lowest BCUT2D eigenvalue weighted by atomic mass is 10.0. The molecule has 0 unspecified atom stereocenters. The standard InChI is InChI=1S/C19H20F2N4O/c1-12-8-14(9-13(2)17(12)26-19(20)21)10-15(11-22)18-24-23-16-6-4-3-5-7-25(16)18/h8-10,19H,3-7H2,1-2H3. The Morgan fingerprint density at radius 2 is 1.96 bits per heavy atom. The molecule has 0 N–H and O–H groups in total. The molecule has 0 saturated carbocycles. The normalized spacial score (nSPS) is 14.7. The minimum Gasteiger partial charge on any atom is -0.434 e. The van der Waals surface area contributed by atoms with E-state index in [-0.39, 0.29) is 5.75 Å². The van der Waals surface area contributed by atoms with Gasteiger partial charge in [0.15, 0.2) is 5.82 Å². The maximum atomic E-state index is 12.5. The van der Waals surface area contributed by atoms with Gasteiger partial charge in [-0.25, -0.2) is 0 Å². The predicted molar refractivity (Wildman–Crippen MR) is 93.6 cm³/mol. The molecule has 7 heteroatoms. The number of benzene rings is 1. The number of nitrogens with zero attached hydrogens (tertiary/aromatic N) is 4. The van der Waals surface area contributed by atoms with Crippen LogP contribution in [0.2, 0.25) is 0 Å². The van der Waals surface area contributed by atoms with Crippen LogP contribution in [0.5, 0.6) is 5.75 Å². The van der Waals surface area contributed by atoms with Gasteiger partial charge in [-0.2, -0.15) is 14.0 Å². The van der Waals surface area contributed by atoms with Crippen LogP contribution in [0.25, 0.3) is 11.6 Å². The molecule has 1 aromatic heterocycles. The third kappa shape index (κ3) is 3.74. The molecule has 0 saturated heterocycles. The second-order valence-electron chi connectivity index (χ2n) is 6.43. The van der Waals surface area contributed by atoms with E-state index in [9.17, 15) is 14.0 Å². The molecular formula is C19H20F2N4O. The Hall–Kier alpha value is -2.75. The molecule has 0 radical (unpaired) electrons. The lowest BCUT2D eigenvalue weighted by Gasteiger charge is -2.12. The van der Waals surface area contributed by atoms with Crippen LogP contribution < -0.4 is 4.74 Å². The summed E-state index contributed by atoms with van der Waals surface area (Å²) in [4.78, 5) is 0. The summed E-state index contributed by atoms with van der Waals surface area (Å²) >= 11 is 0. The van der Waals surface area contributed by atoms with Crippen LogP contribution in [-0.4, -0.2) is 21.4 Å². The molecule has 0 atom stereocenters. The summed E-state index contributed by atoms with van der Waals surface area (Å²) in [5, 5.41) is 18.1. The van der Waals surface area contributed by atoms with Gasteiger partial charge in [-0.3, -0.25) is 0 Å². The number of rotatable bonds is 4. The van der Waals surface area contributed by atoms with E-state index in [1.807, 2.05) is 4.57 Å². The van der Waals surface area contributed by atoms with Crippen molar-refractivity contribution >= 4 is 11.6 Å². The molecule has 0 aliphatic carbocycles. The molecule has 0 bridgehead atoms. The maximum Gasteiger partial charge on any atom is 0.387 e. The minimum absolute atomic E-state index is 0.173. The van der Waals surface area contributed by atoms with Gasteiger partial charge in [0.2, 0.25) is 0 Å². The number of hydrogen-bond acceptors (Lipinski definition) is 4. The molecule has 0 spiro atoms. The Labute approximate surface area is 150 Å². The summed E-state index contributed by atoms with van der Waals surface area (Å²) in [5.74, 6) is 1.64. The Morgan fingerprint density at radius 3 is 2.62 bits per heavy atom. The summed E-state index contributed by atoms with van der Waals surface area (Å²) in [6.07, 6.45) is 5.83. The van der Waals surface area contributed by atoms with Crippen molar-refractivity contribution in [3.63, 3.8) is 0 Å². The molecular weight excluding hydrogens is 338 g/mol. The number of alkyl halides is 2. The highest BCUT2D eigenvalue weighted by Crippen LogP contribution is 2.28. The first-order valence-electron chi connectivity index (χ1n) is 8.60. The monoisotopic (exact) mass is 358 g/mol. The maximum absolute atomic E-state index is 12.5. The van der Waals surface area contributed by atoms with Crippen molar-refractivity contribution in [1.29, 1.82) is 5.26 Å². The summed E-state index contributed by atoms with van der Waals surface area (Å²) in [6.45, 7) is 1.35. The average molecular weight is 358 g/mol. The van der Waals surface area contributed by atoms with Crippen molar-refractivity contribution in [3.05, 3.63) is 40.5 Å². The number of hydrogen-bond donors (Lipinski definition) is 0. The average Bonchev–Trinajstić information content (AvgIpc) is 2.84. The topological polar surface area (TPSA) is 63.7 Å². The van der Waals surface area contributed by atoms with E-state index in [0.29, 0.717) is 22.5 Å². The van der Waals surface area contributed by atoms with Gasteiger partial charge >= 0.3 is 6.61 Å². The van der Waals surface area contributed by atoms with Gasteiger partial charge in [0.05, 0.1) is 5.57 Å². The van der Waals surface area contributed by atoms with Gasteiger partial charge < -0.3 is 9.30 Å². The van der Waals surface area contributed by atoms with E-state index in [2.05, 4.69) is 21.0 Å². The van der Waals surface area contributed by atoms with Gasteiger partial charge in [-0.1, -0.05) is 6.42 Å². The fraction of sp³-hybridized carbons (Fsp3) is 0.421. The van der Waals surface area contributed by atoms with Crippen molar-refractivity contribution in [2.24, 2.45) is 0 Å². The van der Waals surface area contributed by atoms with Gasteiger partial charge in [0.25, 0.3) is 0 Å². The van der Waals surface area contributed by atoms with E-state index < -0.39 is 6.61 Å². The SMILES string of the molecule is Cc1cc(C=C(C#N)c2nnc3n2CCCCC3)cc(C)c1OC(F)F. The van der Waals surface area contributed by atoms with Crippen LogP contribution in [0.15, 0.2) is 12.1 Å². The molecule has 2 aromatic rings. The highest BCUT2D eigenvalue weighted by atomic mass is 19.3. The quantitative estimate of drug-likeness (QED) is 0.765. The van der Waals surface area contributed by atoms with Crippen molar-refractivity contribution in [1.82, 2.24) is 14.8 Å². The zero-order valence-corrected chi connectivity index (χ0v) is 14.8. The van der Waals surface area contributed by atoms with Crippen molar-refractivity contribution in [3.8, 4) is 11.8 Å². The molecule has 0 fully saturated rings. The summed E-state index contributed by atoms with van der Waals surface area (Å²) in [7, 11) is 0. The van der Waals surface area contributed by atoms with Gasteiger partial charge in [0, 0.05) is 13.0 Å². The number of aromatic nitrogens is 3. The number of aryl methyl sites for hydroxylation is 3. The fourth-order valence-electron chi connectivity index (χ4n) is 3.34. The van der Waals surface area contributed by atoms with Gasteiger partial charge in [0.1, 0.15) is 17.6 Å². The fourth-order valence-corrected chi connectivity index (χ4v) is 3.34. The molecule has 0 amide bonds. The predicted octanol–water partition coefficient (Wildman–Crippen LogP) is 4.29. The van der Waals surface area contributed by atoms with E-state index in [1.165, 1.54) is 0 Å². The van der Waals surface area contributed by atoms with Gasteiger partial charge in [-0.05, 0) is 61.6 Å². The lowest BCUT2D eigenvalue weighted by molar-refractivity contribution is -0.0507. The highest BCUT2D eigenvalue weighted by molar-refractivity contribution is 5.87. The third-order valence-corrected chi connectivity index (χ3v) is 4.47.